The molecule has 0 saturated heterocycles. The highest BCUT2D eigenvalue weighted by Crippen LogP contribution is 2.33. The number of benzene rings is 2. The molecule has 0 radical (unpaired) electrons. The Morgan fingerprint density at radius 1 is 1.09 bits per heavy atom. The minimum atomic E-state index is -0.162. The Morgan fingerprint density at radius 2 is 1.94 bits per heavy atom. The summed E-state index contributed by atoms with van der Waals surface area (Å²) in [5, 5.41) is 5.09. The highest BCUT2D eigenvalue weighted by Gasteiger charge is 2.25. The number of carbonyl (C=O) groups excluding carboxylic acids is 1. The fourth-order valence-electron chi connectivity index (χ4n) is 3.63. The SMILES string of the molecule is COc1ccc2nc(N(Cc3cccnc3)C(=O)c3cnn(-c4ccccc4)c3C)sc2c1. The van der Waals surface area contributed by atoms with Crippen molar-refractivity contribution in [1.82, 2.24) is 19.7 Å². The number of ether oxygens (including phenoxy) is 1. The smallest absolute Gasteiger partial charge is 0.263 e. The number of rotatable bonds is 6. The van der Waals surface area contributed by atoms with Crippen LogP contribution in [0.1, 0.15) is 21.6 Å². The molecule has 0 aliphatic carbocycles. The summed E-state index contributed by atoms with van der Waals surface area (Å²) in [6, 6.07) is 19.3. The molecule has 1 amide bonds. The van der Waals surface area contributed by atoms with E-state index in [-0.39, 0.29) is 5.91 Å². The third kappa shape index (κ3) is 4.08. The van der Waals surface area contributed by atoms with Crippen molar-refractivity contribution in [1.29, 1.82) is 0 Å². The molecule has 0 atom stereocenters. The van der Waals surface area contributed by atoms with Crippen LogP contribution in [0.2, 0.25) is 0 Å². The van der Waals surface area contributed by atoms with Crippen LogP contribution in [0.3, 0.4) is 0 Å². The van der Waals surface area contributed by atoms with Gasteiger partial charge in [0.2, 0.25) is 0 Å². The summed E-state index contributed by atoms with van der Waals surface area (Å²) in [7, 11) is 1.63. The van der Waals surface area contributed by atoms with Gasteiger partial charge >= 0.3 is 0 Å². The number of nitrogens with zero attached hydrogens (tertiary/aromatic N) is 5. The van der Waals surface area contributed by atoms with Gasteiger partial charge in [-0.3, -0.25) is 14.7 Å². The molecule has 8 heteroatoms. The Kier molecular flexibility index (Phi) is 5.58. The van der Waals surface area contributed by atoms with Gasteiger partial charge in [0.25, 0.3) is 5.91 Å². The van der Waals surface area contributed by atoms with E-state index >= 15 is 0 Å². The summed E-state index contributed by atoms with van der Waals surface area (Å²) in [4.78, 5) is 24.4. The van der Waals surface area contributed by atoms with Crippen molar-refractivity contribution < 1.29 is 9.53 Å². The average molecular weight is 456 g/mol. The van der Waals surface area contributed by atoms with Crippen LogP contribution in [0.4, 0.5) is 5.13 Å². The first-order valence-electron chi connectivity index (χ1n) is 10.4. The number of aromatic nitrogens is 4. The first-order valence-corrected chi connectivity index (χ1v) is 11.2. The van der Waals surface area contributed by atoms with Crippen molar-refractivity contribution in [3.05, 3.63) is 96.1 Å². The van der Waals surface area contributed by atoms with Crippen molar-refractivity contribution in [2.24, 2.45) is 0 Å². The summed E-state index contributed by atoms with van der Waals surface area (Å²) < 4.78 is 8.07. The molecule has 0 N–H and O–H groups in total. The zero-order chi connectivity index (χ0) is 22.8. The molecule has 0 spiro atoms. The Hall–Kier alpha value is -4.04. The molecule has 5 rings (SSSR count). The van der Waals surface area contributed by atoms with Gasteiger partial charge in [-0.1, -0.05) is 35.6 Å². The number of carbonyl (C=O) groups is 1. The molecule has 33 heavy (non-hydrogen) atoms. The van der Waals surface area contributed by atoms with Crippen LogP contribution in [-0.4, -0.2) is 32.8 Å². The summed E-state index contributed by atoms with van der Waals surface area (Å²) in [5.74, 6) is 0.590. The van der Waals surface area contributed by atoms with Crippen LogP contribution < -0.4 is 9.64 Å². The van der Waals surface area contributed by atoms with Crippen LogP contribution in [0, 0.1) is 6.92 Å². The predicted octanol–water partition coefficient (Wildman–Crippen LogP) is 5.04. The topological polar surface area (TPSA) is 73.1 Å². The standard InChI is InChI=1S/C25H21N5O2S/c1-17-21(15-27-30(17)19-8-4-3-5-9-19)24(31)29(16-18-7-6-12-26-14-18)25-28-22-11-10-20(32-2)13-23(22)33-25/h3-15H,16H2,1-2H3. The van der Waals surface area contributed by atoms with E-state index in [1.807, 2.05) is 67.6 Å². The van der Waals surface area contributed by atoms with Crippen LogP contribution >= 0.6 is 11.3 Å². The quantitative estimate of drug-likeness (QED) is 0.359. The van der Waals surface area contributed by atoms with Gasteiger partial charge < -0.3 is 4.74 Å². The predicted molar refractivity (Wildman–Crippen MR) is 129 cm³/mol. The Labute approximate surface area is 194 Å². The van der Waals surface area contributed by atoms with Crippen molar-refractivity contribution in [2.45, 2.75) is 13.5 Å². The van der Waals surface area contributed by atoms with Crippen LogP contribution in [0.5, 0.6) is 5.75 Å². The number of methoxy groups -OCH3 is 1. The maximum Gasteiger partial charge on any atom is 0.263 e. The van der Waals surface area contributed by atoms with Crippen molar-refractivity contribution >= 4 is 32.6 Å². The monoisotopic (exact) mass is 455 g/mol. The van der Waals surface area contributed by atoms with Gasteiger partial charge in [0, 0.05) is 12.4 Å². The van der Waals surface area contributed by atoms with E-state index in [1.165, 1.54) is 11.3 Å². The molecular formula is C25H21N5O2S. The fraction of sp³-hybridized carbons (Fsp3) is 0.120. The Morgan fingerprint density at radius 3 is 2.70 bits per heavy atom. The lowest BCUT2D eigenvalue weighted by atomic mass is 10.2. The lowest BCUT2D eigenvalue weighted by molar-refractivity contribution is 0.0984. The lowest BCUT2D eigenvalue weighted by Gasteiger charge is -2.19. The third-order valence-electron chi connectivity index (χ3n) is 5.36. The lowest BCUT2D eigenvalue weighted by Crippen LogP contribution is -2.30. The zero-order valence-corrected chi connectivity index (χ0v) is 19.0. The van der Waals surface area contributed by atoms with Crippen molar-refractivity contribution in [2.75, 3.05) is 12.0 Å². The molecular weight excluding hydrogens is 434 g/mol. The Bertz CT molecular complexity index is 1410. The average Bonchev–Trinajstić information content (AvgIpc) is 3.46. The number of thiazole rings is 1. The second kappa shape index (κ2) is 8.84. The van der Waals surface area contributed by atoms with E-state index < -0.39 is 0 Å². The largest absolute Gasteiger partial charge is 0.497 e. The molecule has 3 heterocycles. The first kappa shape index (κ1) is 20.8. The normalized spacial score (nSPS) is 11.0. The van der Waals surface area contributed by atoms with Gasteiger partial charge in [-0.05, 0) is 48.9 Å². The van der Waals surface area contributed by atoms with Gasteiger partial charge in [0.05, 0.1) is 47.0 Å². The second-order valence-corrected chi connectivity index (χ2v) is 8.48. The van der Waals surface area contributed by atoms with E-state index in [9.17, 15) is 4.79 Å². The number of pyridine rings is 1. The van der Waals surface area contributed by atoms with Gasteiger partial charge in [0.1, 0.15) is 5.75 Å². The van der Waals surface area contributed by atoms with Gasteiger partial charge in [-0.25, -0.2) is 9.67 Å². The van der Waals surface area contributed by atoms with E-state index in [2.05, 4.69) is 10.1 Å². The van der Waals surface area contributed by atoms with E-state index in [0.29, 0.717) is 17.2 Å². The maximum atomic E-state index is 13.8. The molecule has 0 fully saturated rings. The zero-order valence-electron chi connectivity index (χ0n) is 18.2. The number of anilines is 1. The molecule has 0 aliphatic heterocycles. The number of fused-ring (bicyclic) bond motifs is 1. The van der Waals surface area contributed by atoms with E-state index in [1.54, 1.807) is 35.3 Å². The summed E-state index contributed by atoms with van der Waals surface area (Å²) in [5.41, 5.74) is 3.93. The second-order valence-electron chi connectivity index (χ2n) is 7.47. The molecule has 7 nitrogen and oxygen atoms in total. The highest BCUT2D eigenvalue weighted by molar-refractivity contribution is 7.22. The first-order chi connectivity index (χ1) is 16.1. The number of para-hydroxylation sites is 1. The van der Waals surface area contributed by atoms with E-state index in [0.717, 1.165) is 32.9 Å². The number of hydrogen-bond donors (Lipinski definition) is 0. The fourth-order valence-corrected chi connectivity index (χ4v) is 4.62. The van der Waals surface area contributed by atoms with Crippen LogP contribution in [0.15, 0.2) is 79.3 Å². The minimum Gasteiger partial charge on any atom is -0.497 e. The molecule has 0 aliphatic rings. The maximum absolute atomic E-state index is 13.8. The molecule has 164 valence electrons. The highest BCUT2D eigenvalue weighted by atomic mass is 32.1. The molecule has 0 unspecified atom stereocenters. The van der Waals surface area contributed by atoms with Gasteiger partial charge in [0.15, 0.2) is 5.13 Å². The molecule has 3 aromatic heterocycles. The molecule has 5 aromatic rings. The summed E-state index contributed by atoms with van der Waals surface area (Å²) in [6.07, 6.45) is 5.10. The number of amides is 1. The third-order valence-corrected chi connectivity index (χ3v) is 6.41. The van der Waals surface area contributed by atoms with E-state index in [4.69, 9.17) is 9.72 Å². The van der Waals surface area contributed by atoms with Gasteiger partial charge in [-0.15, -0.1) is 0 Å². The van der Waals surface area contributed by atoms with Crippen molar-refractivity contribution in [3.8, 4) is 11.4 Å². The van der Waals surface area contributed by atoms with Crippen LogP contribution in [-0.2, 0) is 6.54 Å². The van der Waals surface area contributed by atoms with Crippen molar-refractivity contribution in [3.63, 3.8) is 0 Å². The molecule has 0 saturated carbocycles. The minimum absolute atomic E-state index is 0.162. The molecule has 2 aromatic carbocycles. The van der Waals surface area contributed by atoms with Gasteiger partial charge in [-0.2, -0.15) is 5.10 Å². The van der Waals surface area contributed by atoms with Crippen LogP contribution in [0.25, 0.3) is 15.9 Å². The Balaban J connectivity index is 1.56. The number of hydrogen-bond acceptors (Lipinski definition) is 6. The molecule has 0 bridgehead atoms. The summed E-state index contributed by atoms with van der Waals surface area (Å²) in [6.45, 7) is 2.25. The summed E-state index contributed by atoms with van der Waals surface area (Å²) >= 11 is 1.45.